The van der Waals surface area contributed by atoms with Gasteiger partial charge >= 0.3 is 0 Å². The second kappa shape index (κ2) is 9.32. The highest BCUT2D eigenvalue weighted by Gasteiger charge is 2.15. The van der Waals surface area contributed by atoms with Gasteiger partial charge in [-0.25, -0.2) is 13.1 Å². The first kappa shape index (κ1) is 20.5. The van der Waals surface area contributed by atoms with Crippen LogP contribution in [0, 0.1) is 0 Å². The molecule has 150 valence electrons. The fourth-order valence-corrected chi connectivity index (χ4v) is 4.44. The van der Waals surface area contributed by atoms with Crippen molar-refractivity contribution in [3.8, 4) is 0 Å². The monoisotopic (exact) mass is 401 g/mol. The van der Waals surface area contributed by atoms with E-state index >= 15 is 0 Å². The molecule has 0 aliphatic carbocycles. The lowest BCUT2D eigenvalue weighted by atomic mass is 10.1. The third-order valence-corrected chi connectivity index (χ3v) is 6.47. The Hall–Kier alpha value is -2.22. The predicted molar refractivity (Wildman–Crippen MR) is 109 cm³/mol. The molecule has 7 heteroatoms. The van der Waals surface area contributed by atoms with Gasteiger partial charge in [-0.05, 0) is 61.3 Å². The SMILES string of the molecule is CCNS(=O)(=O)c1ccc(C(=O)NCc2ccccc2CN2CCCC2)cc1. The maximum absolute atomic E-state index is 12.5. The van der Waals surface area contributed by atoms with Crippen LogP contribution < -0.4 is 10.0 Å². The van der Waals surface area contributed by atoms with Crippen LogP contribution >= 0.6 is 0 Å². The largest absolute Gasteiger partial charge is 0.348 e. The summed E-state index contributed by atoms with van der Waals surface area (Å²) in [5.74, 6) is -0.219. The molecular formula is C21H27N3O3S. The summed E-state index contributed by atoms with van der Waals surface area (Å²) in [6.45, 7) is 5.65. The van der Waals surface area contributed by atoms with E-state index in [4.69, 9.17) is 0 Å². The average molecular weight is 402 g/mol. The second-order valence-electron chi connectivity index (χ2n) is 6.96. The number of hydrogen-bond acceptors (Lipinski definition) is 4. The quantitative estimate of drug-likeness (QED) is 0.712. The number of amides is 1. The molecule has 0 radical (unpaired) electrons. The first-order chi connectivity index (χ1) is 13.5. The highest BCUT2D eigenvalue weighted by atomic mass is 32.2. The number of hydrogen-bond donors (Lipinski definition) is 2. The smallest absolute Gasteiger partial charge is 0.251 e. The molecule has 1 heterocycles. The zero-order valence-electron chi connectivity index (χ0n) is 16.1. The molecule has 0 spiro atoms. The van der Waals surface area contributed by atoms with E-state index in [1.807, 2.05) is 18.2 Å². The van der Waals surface area contributed by atoms with E-state index in [-0.39, 0.29) is 10.8 Å². The Bertz CT molecular complexity index is 905. The second-order valence-corrected chi connectivity index (χ2v) is 8.73. The molecule has 28 heavy (non-hydrogen) atoms. The lowest BCUT2D eigenvalue weighted by Gasteiger charge is -2.17. The molecule has 1 aliphatic rings. The number of benzene rings is 2. The summed E-state index contributed by atoms with van der Waals surface area (Å²) < 4.78 is 26.4. The van der Waals surface area contributed by atoms with E-state index in [9.17, 15) is 13.2 Å². The molecule has 0 saturated carbocycles. The van der Waals surface area contributed by atoms with Crippen LogP contribution in [-0.4, -0.2) is 38.9 Å². The van der Waals surface area contributed by atoms with Crippen LogP contribution in [0.25, 0.3) is 0 Å². The van der Waals surface area contributed by atoms with Gasteiger partial charge in [0.1, 0.15) is 0 Å². The number of nitrogens with zero attached hydrogens (tertiary/aromatic N) is 1. The topological polar surface area (TPSA) is 78.5 Å². The first-order valence-electron chi connectivity index (χ1n) is 9.66. The van der Waals surface area contributed by atoms with Crippen LogP contribution in [0.4, 0.5) is 0 Å². The summed E-state index contributed by atoms with van der Waals surface area (Å²) in [7, 11) is -3.51. The van der Waals surface area contributed by atoms with Gasteiger partial charge in [-0.3, -0.25) is 9.69 Å². The van der Waals surface area contributed by atoms with Crippen molar-refractivity contribution in [2.45, 2.75) is 37.8 Å². The van der Waals surface area contributed by atoms with Crippen molar-refractivity contribution in [2.75, 3.05) is 19.6 Å². The van der Waals surface area contributed by atoms with Gasteiger partial charge in [0.05, 0.1) is 4.90 Å². The van der Waals surface area contributed by atoms with Crippen LogP contribution in [0.5, 0.6) is 0 Å². The zero-order chi connectivity index (χ0) is 20.0. The Morgan fingerprint density at radius 2 is 1.64 bits per heavy atom. The van der Waals surface area contributed by atoms with Gasteiger partial charge in [0, 0.05) is 25.2 Å². The molecule has 0 atom stereocenters. The molecule has 0 bridgehead atoms. The van der Waals surface area contributed by atoms with E-state index in [1.54, 1.807) is 6.92 Å². The summed E-state index contributed by atoms with van der Waals surface area (Å²) in [6.07, 6.45) is 2.50. The Kier molecular flexibility index (Phi) is 6.83. The molecular weight excluding hydrogens is 374 g/mol. The Balaban J connectivity index is 1.63. The summed E-state index contributed by atoms with van der Waals surface area (Å²) >= 11 is 0. The van der Waals surface area contributed by atoms with Crippen LogP contribution in [0.15, 0.2) is 53.4 Å². The normalized spacial score (nSPS) is 14.9. The highest BCUT2D eigenvalue weighted by molar-refractivity contribution is 7.89. The van der Waals surface area contributed by atoms with Gasteiger partial charge in [0.15, 0.2) is 0 Å². The molecule has 1 amide bonds. The maximum atomic E-state index is 12.5. The van der Waals surface area contributed by atoms with Crippen molar-refractivity contribution in [1.82, 2.24) is 14.9 Å². The third kappa shape index (κ3) is 5.19. The van der Waals surface area contributed by atoms with E-state index in [0.29, 0.717) is 18.7 Å². The van der Waals surface area contributed by atoms with Gasteiger partial charge in [-0.2, -0.15) is 0 Å². The molecule has 2 aromatic carbocycles. The number of carbonyl (C=O) groups excluding carboxylic acids is 1. The van der Waals surface area contributed by atoms with Crippen LogP contribution in [0.3, 0.4) is 0 Å². The molecule has 1 aliphatic heterocycles. The fraction of sp³-hybridized carbons (Fsp3) is 0.381. The van der Waals surface area contributed by atoms with Crippen molar-refractivity contribution < 1.29 is 13.2 Å². The summed E-state index contributed by atoms with van der Waals surface area (Å²) in [6, 6.07) is 14.1. The van der Waals surface area contributed by atoms with Gasteiger partial charge < -0.3 is 5.32 Å². The Morgan fingerprint density at radius 3 is 2.29 bits per heavy atom. The van der Waals surface area contributed by atoms with E-state index < -0.39 is 10.0 Å². The minimum absolute atomic E-state index is 0.154. The summed E-state index contributed by atoms with van der Waals surface area (Å²) in [4.78, 5) is 15.1. The minimum Gasteiger partial charge on any atom is -0.348 e. The molecule has 6 nitrogen and oxygen atoms in total. The third-order valence-electron chi connectivity index (χ3n) is 4.91. The molecule has 0 aromatic heterocycles. The van der Waals surface area contributed by atoms with Gasteiger partial charge in [-0.15, -0.1) is 0 Å². The first-order valence-corrected chi connectivity index (χ1v) is 11.1. The molecule has 2 aromatic rings. The van der Waals surface area contributed by atoms with E-state index in [2.05, 4.69) is 21.0 Å². The molecule has 2 N–H and O–H groups in total. The lowest BCUT2D eigenvalue weighted by Crippen LogP contribution is -2.25. The Morgan fingerprint density at radius 1 is 1.00 bits per heavy atom. The molecule has 1 saturated heterocycles. The number of likely N-dealkylation sites (tertiary alicyclic amines) is 1. The fourth-order valence-electron chi connectivity index (χ4n) is 3.40. The van der Waals surface area contributed by atoms with Gasteiger partial charge in [-0.1, -0.05) is 31.2 Å². The van der Waals surface area contributed by atoms with E-state index in [1.165, 1.54) is 42.7 Å². The summed E-state index contributed by atoms with van der Waals surface area (Å²) in [5, 5.41) is 2.94. The van der Waals surface area contributed by atoms with Crippen molar-refractivity contribution in [3.63, 3.8) is 0 Å². The van der Waals surface area contributed by atoms with Crippen molar-refractivity contribution in [2.24, 2.45) is 0 Å². The van der Waals surface area contributed by atoms with Crippen molar-refractivity contribution >= 4 is 15.9 Å². The van der Waals surface area contributed by atoms with Crippen LogP contribution in [-0.2, 0) is 23.1 Å². The maximum Gasteiger partial charge on any atom is 0.251 e. The van der Waals surface area contributed by atoms with Gasteiger partial charge in [0.2, 0.25) is 10.0 Å². The van der Waals surface area contributed by atoms with E-state index in [0.717, 1.165) is 25.2 Å². The predicted octanol–water partition coefficient (Wildman–Crippen LogP) is 2.51. The zero-order valence-corrected chi connectivity index (χ0v) is 17.0. The summed E-state index contributed by atoms with van der Waals surface area (Å²) in [5.41, 5.74) is 2.78. The van der Waals surface area contributed by atoms with Crippen molar-refractivity contribution in [3.05, 3.63) is 65.2 Å². The highest BCUT2D eigenvalue weighted by Crippen LogP contribution is 2.16. The molecule has 1 fully saturated rings. The molecule has 3 rings (SSSR count). The minimum atomic E-state index is -3.51. The number of carbonyl (C=O) groups is 1. The van der Waals surface area contributed by atoms with Crippen LogP contribution in [0.1, 0.15) is 41.3 Å². The number of sulfonamides is 1. The number of rotatable bonds is 8. The lowest BCUT2D eigenvalue weighted by molar-refractivity contribution is 0.0950. The number of nitrogens with one attached hydrogen (secondary N) is 2. The van der Waals surface area contributed by atoms with Crippen LogP contribution in [0.2, 0.25) is 0 Å². The van der Waals surface area contributed by atoms with Gasteiger partial charge in [0.25, 0.3) is 5.91 Å². The standard InChI is InChI=1S/C21H27N3O3S/c1-2-23-28(26,27)20-11-9-17(10-12-20)21(25)22-15-18-7-3-4-8-19(18)16-24-13-5-6-14-24/h3-4,7-12,23H,2,5-6,13-16H2,1H3,(H,22,25). The molecule has 0 unspecified atom stereocenters. The van der Waals surface area contributed by atoms with Crippen molar-refractivity contribution in [1.29, 1.82) is 0 Å². The Labute approximate surface area is 167 Å². The average Bonchev–Trinajstić information content (AvgIpc) is 3.20.